The lowest BCUT2D eigenvalue weighted by Crippen LogP contribution is -2.13. The number of nitro groups is 1. The number of azo groups is 1. The second-order valence-corrected chi connectivity index (χ2v) is 8.21. The summed E-state index contributed by atoms with van der Waals surface area (Å²) < 4.78 is 1.28. The molecule has 172 valence electrons. The molecular formula is C24H16N6O4S. The number of benzene rings is 3. The van der Waals surface area contributed by atoms with E-state index in [1.165, 1.54) is 52.4 Å². The monoisotopic (exact) mass is 484 g/mol. The first kappa shape index (κ1) is 21.9. The van der Waals surface area contributed by atoms with Crippen LogP contribution < -0.4 is 5.56 Å². The zero-order valence-corrected chi connectivity index (χ0v) is 18.7. The standard InChI is InChI=1S/C24H16N6O4S/c31-19-12-8-17(9-13-19)26-27-22-21(16-6-10-18(11-7-16)30(33)34)28-29(23(22)32)24-25-20(14-35-24)15-4-2-1-3-5-15/h1-14,28,31H. The molecule has 0 radical (unpaired) electrons. The Labute approximate surface area is 201 Å². The van der Waals surface area contributed by atoms with Gasteiger partial charge < -0.3 is 5.11 Å². The van der Waals surface area contributed by atoms with Gasteiger partial charge in [0.25, 0.3) is 5.69 Å². The van der Waals surface area contributed by atoms with E-state index in [1.807, 2.05) is 35.7 Å². The maximum Gasteiger partial charge on any atom is 0.301 e. The largest absolute Gasteiger partial charge is 0.508 e. The van der Waals surface area contributed by atoms with Crippen molar-refractivity contribution in [3.63, 3.8) is 0 Å². The fourth-order valence-electron chi connectivity index (χ4n) is 3.34. The molecule has 0 saturated carbocycles. The summed E-state index contributed by atoms with van der Waals surface area (Å²) in [5, 5.41) is 34.1. The van der Waals surface area contributed by atoms with Crippen molar-refractivity contribution < 1.29 is 10.0 Å². The Balaban J connectivity index is 1.60. The number of aromatic hydroxyl groups is 1. The van der Waals surface area contributed by atoms with Gasteiger partial charge >= 0.3 is 5.56 Å². The van der Waals surface area contributed by atoms with Crippen molar-refractivity contribution in [2.45, 2.75) is 0 Å². The lowest BCUT2D eigenvalue weighted by Gasteiger charge is -2.00. The molecule has 0 spiro atoms. The third-order valence-corrected chi connectivity index (χ3v) is 5.93. The second kappa shape index (κ2) is 9.15. The quantitative estimate of drug-likeness (QED) is 0.173. The number of phenolic OH excluding ortho intramolecular Hbond substituents is 1. The lowest BCUT2D eigenvalue weighted by atomic mass is 10.1. The highest BCUT2D eigenvalue weighted by Crippen LogP contribution is 2.31. The van der Waals surface area contributed by atoms with Crippen LogP contribution in [-0.4, -0.2) is 24.8 Å². The van der Waals surface area contributed by atoms with Crippen molar-refractivity contribution >= 4 is 28.4 Å². The van der Waals surface area contributed by atoms with Crippen LogP contribution in [0.5, 0.6) is 5.75 Å². The van der Waals surface area contributed by atoms with Gasteiger partial charge in [0.05, 0.1) is 22.0 Å². The zero-order valence-electron chi connectivity index (χ0n) is 17.9. The van der Waals surface area contributed by atoms with Crippen LogP contribution in [0.15, 0.2) is 99.3 Å². The summed E-state index contributed by atoms with van der Waals surface area (Å²) in [6, 6.07) is 21.4. The Hall–Kier alpha value is -4.90. The van der Waals surface area contributed by atoms with E-state index in [9.17, 15) is 20.0 Å². The number of nitrogens with zero attached hydrogens (tertiary/aromatic N) is 5. The molecule has 0 amide bonds. The van der Waals surface area contributed by atoms with Crippen LogP contribution in [0.4, 0.5) is 17.1 Å². The van der Waals surface area contributed by atoms with Crippen molar-refractivity contribution in [2.75, 3.05) is 0 Å². The maximum absolute atomic E-state index is 13.4. The predicted octanol–water partition coefficient (Wildman–Crippen LogP) is 5.99. The van der Waals surface area contributed by atoms with E-state index in [1.54, 1.807) is 12.1 Å². The molecule has 35 heavy (non-hydrogen) atoms. The fourth-order valence-corrected chi connectivity index (χ4v) is 4.13. The third kappa shape index (κ3) is 4.48. The molecule has 3 aromatic carbocycles. The van der Waals surface area contributed by atoms with Gasteiger partial charge in [-0.3, -0.25) is 20.0 Å². The Bertz CT molecular complexity index is 1590. The van der Waals surface area contributed by atoms with Crippen molar-refractivity contribution in [1.82, 2.24) is 14.8 Å². The number of H-pyrrole nitrogens is 1. The molecule has 10 nitrogen and oxygen atoms in total. The molecule has 2 N–H and O–H groups in total. The maximum atomic E-state index is 13.4. The number of nitro benzene ring substituents is 1. The lowest BCUT2D eigenvalue weighted by molar-refractivity contribution is -0.384. The summed E-state index contributed by atoms with van der Waals surface area (Å²) in [7, 11) is 0. The number of aromatic amines is 1. The summed E-state index contributed by atoms with van der Waals surface area (Å²) >= 11 is 1.28. The smallest absolute Gasteiger partial charge is 0.301 e. The Kier molecular flexibility index (Phi) is 5.73. The molecular weight excluding hydrogens is 468 g/mol. The normalized spacial score (nSPS) is 11.2. The predicted molar refractivity (Wildman–Crippen MR) is 132 cm³/mol. The Morgan fingerprint density at radius 3 is 2.34 bits per heavy atom. The van der Waals surface area contributed by atoms with E-state index < -0.39 is 10.5 Å². The van der Waals surface area contributed by atoms with E-state index in [4.69, 9.17) is 0 Å². The Morgan fingerprint density at radius 2 is 1.66 bits per heavy atom. The Morgan fingerprint density at radius 1 is 0.943 bits per heavy atom. The van der Waals surface area contributed by atoms with Gasteiger partial charge in [-0.25, -0.2) is 4.98 Å². The third-order valence-electron chi connectivity index (χ3n) is 5.10. The summed E-state index contributed by atoms with van der Waals surface area (Å²) in [6.07, 6.45) is 0. The van der Waals surface area contributed by atoms with Crippen LogP contribution in [0.25, 0.3) is 27.6 Å². The van der Waals surface area contributed by atoms with Crippen LogP contribution in [0.1, 0.15) is 0 Å². The molecule has 2 heterocycles. The molecule has 0 unspecified atom stereocenters. The molecule has 0 aliphatic carbocycles. The highest BCUT2D eigenvalue weighted by molar-refractivity contribution is 7.12. The van der Waals surface area contributed by atoms with Gasteiger partial charge in [-0.1, -0.05) is 30.3 Å². The van der Waals surface area contributed by atoms with Crippen LogP contribution in [0.2, 0.25) is 0 Å². The highest BCUT2D eigenvalue weighted by Gasteiger charge is 2.20. The van der Waals surface area contributed by atoms with E-state index in [-0.39, 0.29) is 17.1 Å². The van der Waals surface area contributed by atoms with Crippen molar-refractivity contribution in [1.29, 1.82) is 0 Å². The highest BCUT2D eigenvalue weighted by atomic mass is 32.1. The SMILES string of the molecule is O=c1c(N=Nc2ccc(O)cc2)c(-c2ccc([N+](=O)[O-])cc2)[nH]n1-c1nc(-c2ccccc2)cs1. The van der Waals surface area contributed by atoms with Gasteiger partial charge in [0, 0.05) is 28.6 Å². The van der Waals surface area contributed by atoms with E-state index in [2.05, 4.69) is 20.3 Å². The average Bonchev–Trinajstić information content (AvgIpc) is 3.49. The second-order valence-electron chi connectivity index (χ2n) is 7.38. The van der Waals surface area contributed by atoms with Crippen LogP contribution in [0.3, 0.4) is 0 Å². The number of hydrogen-bond acceptors (Lipinski definition) is 8. The van der Waals surface area contributed by atoms with Gasteiger partial charge in [0.2, 0.25) is 5.13 Å². The van der Waals surface area contributed by atoms with Crippen LogP contribution >= 0.6 is 11.3 Å². The molecule has 5 rings (SSSR count). The first-order valence-electron chi connectivity index (χ1n) is 10.3. The summed E-state index contributed by atoms with van der Waals surface area (Å²) in [5.41, 5.74) is 2.39. The van der Waals surface area contributed by atoms with E-state index >= 15 is 0 Å². The van der Waals surface area contributed by atoms with E-state index in [0.717, 1.165) is 11.3 Å². The van der Waals surface area contributed by atoms with Crippen LogP contribution in [0, 0.1) is 10.1 Å². The first-order chi connectivity index (χ1) is 17.0. The number of non-ortho nitro benzene ring substituents is 1. The molecule has 5 aromatic rings. The minimum absolute atomic E-state index is 0.0170. The first-order valence-corrected chi connectivity index (χ1v) is 11.2. The van der Waals surface area contributed by atoms with E-state index in [0.29, 0.717) is 22.1 Å². The van der Waals surface area contributed by atoms with Gasteiger partial charge in [0.1, 0.15) is 5.75 Å². The summed E-state index contributed by atoms with van der Waals surface area (Å²) in [4.78, 5) is 28.5. The molecule has 0 bridgehead atoms. The van der Waals surface area contributed by atoms with Crippen molar-refractivity contribution in [3.8, 4) is 33.4 Å². The molecule has 0 saturated heterocycles. The number of aromatic nitrogens is 3. The molecule has 11 heteroatoms. The van der Waals surface area contributed by atoms with Crippen molar-refractivity contribution in [3.05, 3.63) is 105 Å². The van der Waals surface area contributed by atoms with Gasteiger partial charge in [0.15, 0.2) is 5.69 Å². The molecule has 0 aliphatic rings. The van der Waals surface area contributed by atoms with Gasteiger partial charge in [-0.15, -0.1) is 16.5 Å². The number of nitrogens with one attached hydrogen (secondary N) is 1. The number of rotatable bonds is 6. The van der Waals surface area contributed by atoms with Crippen LogP contribution in [-0.2, 0) is 0 Å². The minimum Gasteiger partial charge on any atom is -0.508 e. The van der Waals surface area contributed by atoms with Gasteiger partial charge in [-0.2, -0.15) is 9.80 Å². The topological polar surface area (TPSA) is 139 Å². The zero-order chi connectivity index (χ0) is 24.4. The molecule has 2 aromatic heterocycles. The molecule has 0 atom stereocenters. The number of hydrogen-bond donors (Lipinski definition) is 2. The summed E-state index contributed by atoms with van der Waals surface area (Å²) in [6.45, 7) is 0. The number of phenols is 1. The summed E-state index contributed by atoms with van der Waals surface area (Å²) in [5.74, 6) is 0.0810. The van der Waals surface area contributed by atoms with Crippen molar-refractivity contribution in [2.24, 2.45) is 10.2 Å². The molecule has 0 fully saturated rings. The fraction of sp³-hybridized carbons (Fsp3) is 0. The average molecular weight is 484 g/mol. The van der Waals surface area contributed by atoms with Gasteiger partial charge in [-0.05, 0) is 36.4 Å². The number of thiazole rings is 1. The molecule has 0 aliphatic heterocycles. The minimum atomic E-state index is -0.496.